The van der Waals surface area contributed by atoms with E-state index in [1.165, 1.54) is 31.5 Å². The lowest BCUT2D eigenvalue weighted by Crippen LogP contribution is -2.67. The van der Waals surface area contributed by atoms with Crippen molar-refractivity contribution in [3.05, 3.63) is 35.9 Å². The summed E-state index contributed by atoms with van der Waals surface area (Å²) in [7, 11) is 1.86. The van der Waals surface area contributed by atoms with Crippen LogP contribution in [0.1, 0.15) is 38.2 Å². The SMILES string of the molecule is CC1(O)CC(C=O)C1.COC1(Cc2ccccc2)CC2(CNC2)C1. The molecule has 1 aromatic carbocycles. The van der Waals surface area contributed by atoms with E-state index in [1.54, 1.807) is 6.92 Å². The van der Waals surface area contributed by atoms with Crippen LogP contribution in [0.25, 0.3) is 0 Å². The smallest absolute Gasteiger partial charge is 0.123 e. The minimum Gasteiger partial charge on any atom is -0.390 e. The number of ether oxygens (including phenoxy) is 1. The summed E-state index contributed by atoms with van der Waals surface area (Å²) in [5.41, 5.74) is 1.55. The van der Waals surface area contributed by atoms with Crippen molar-refractivity contribution < 1.29 is 14.6 Å². The number of aldehydes is 1. The van der Waals surface area contributed by atoms with Crippen LogP contribution in [0.5, 0.6) is 0 Å². The molecule has 0 amide bonds. The van der Waals surface area contributed by atoms with Gasteiger partial charge in [0.05, 0.1) is 11.2 Å². The Morgan fingerprint density at radius 3 is 2.25 bits per heavy atom. The van der Waals surface area contributed by atoms with Crippen LogP contribution in [0.15, 0.2) is 30.3 Å². The fourth-order valence-electron chi connectivity index (χ4n) is 4.52. The predicted molar refractivity (Wildman–Crippen MR) is 93.8 cm³/mol. The highest BCUT2D eigenvalue weighted by Crippen LogP contribution is 2.53. The fourth-order valence-corrected chi connectivity index (χ4v) is 4.52. The predicted octanol–water partition coefficient (Wildman–Crippen LogP) is 2.34. The number of methoxy groups -OCH3 is 1. The van der Waals surface area contributed by atoms with E-state index in [4.69, 9.17) is 9.84 Å². The Kier molecular flexibility index (Phi) is 4.82. The normalized spacial score (nSPS) is 31.7. The molecular weight excluding hydrogens is 302 g/mol. The molecule has 2 saturated carbocycles. The molecule has 4 rings (SSSR count). The summed E-state index contributed by atoms with van der Waals surface area (Å²) in [6, 6.07) is 10.7. The maximum atomic E-state index is 9.96. The molecule has 1 aliphatic heterocycles. The molecule has 0 atom stereocenters. The van der Waals surface area contributed by atoms with Gasteiger partial charge in [-0.1, -0.05) is 30.3 Å². The van der Waals surface area contributed by atoms with E-state index in [0.717, 1.165) is 12.7 Å². The van der Waals surface area contributed by atoms with Crippen LogP contribution >= 0.6 is 0 Å². The van der Waals surface area contributed by atoms with Gasteiger partial charge in [0.1, 0.15) is 6.29 Å². The van der Waals surface area contributed by atoms with Crippen LogP contribution < -0.4 is 5.32 Å². The lowest BCUT2D eigenvalue weighted by atomic mass is 9.54. The number of hydrogen-bond acceptors (Lipinski definition) is 4. The molecule has 1 aromatic rings. The van der Waals surface area contributed by atoms with Crippen LogP contribution in [0.2, 0.25) is 0 Å². The Morgan fingerprint density at radius 2 is 1.88 bits per heavy atom. The monoisotopic (exact) mass is 331 g/mol. The van der Waals surface area contributed by atoms with Gasteiger partial charge < -0.3 is 20.0 Å². The maximum Gasteiger partial charge on any atom is 0.123 e. The number of carbonyl (C=O) groups excluding carboxylic acids is 1. The molecule has 4 heteroatoms. The van der Waals surface area contributed by atoms with Crippen molar-refractivity contribution in [3.63, 3.8) is 0 Å². The number of nitrogens with one attached hydrogen (secondary N) is 1. The van der Waals surface area contributed by atoms with Gasteiger partial charge in [-0.15, -0.1) is 0 Å². The van der Waals surface area contributed by atoms with Gasteiger partial charge in [-0.3, -0.25) is 0 Å². The number of aliphatic hydroxyl groups is 1. The molecule has 132 valence electrons. The van der Waals surface area contributed by atoms with Crippen molar-refractivity contribution in [2.75, 3.05) is 20.2 Å². The summed E-state index contributed by atoms with van der Waals surface area (Å²) in [5, 5.41) is 12.4. The zero-order valence-corrected chi connectivity index (χ0v) is 14.8. The average Bonchev–Trinajstić information content (AvgIpc) is 2.48. The molecule has 3 aliphatic rings. The minimum absolute atomic E-state index is 0.115. The van der Waals surface area contributed by atoms with Crippen molar-refractivity contribution in [1.82, 2.24) is 5.32 Å². The van der Waals surface area contributed by atoms with E-state index in [9.17, 15) is 4.79 Å². The van der Waals surface area contributed by atoms with E-state index < -0.39 is 5.60 Å². The zero-order valence-electron chi connectivity index (χ0n) is 14.8. The first-order chi connectivity index (χ1) is 11.4. The Labute approximate surface area is 144 Å². The molecule has 1 heterocycles. The van der Waals surface area contributed by atoms with Crippen LogP contribution in [0.4, 0.5) is 0 Å². The summed E-state index contributed by atoms with van der Waals surface area (Å²) in [4.78, 5) is 9.96. The van der Waals surface area contributed by atoms with Gasteiger partial charge in [0.2, 0.25) is 0 Å². The summed E-state index contributed by atoms with van der Waals surface area (Å²) in [5.74, 6) is 0.130. The third-order valence-corrected chi connectivity index (χ3v) is 5.79. The highest BCUT2D eigenvalue weighted by Gasteiger charge is 2.57. The lowest BCUT2D eigenvalue weighted by Gasteiger charge is -2.60. The maximum absolute atomic E-state index is 9.96. The molecule has 3 fully saturated rings. The molecule has 0 unspecified atom stereocenters. The highest BCUT2D eigenvalue weighted by molar-refractivity contribution is 5.55. The molecule has 0 aromatic heterocycles. The van der Waals surface area contributed by atoms with Gasteiger partial charge >= 0.3 is 0 Å². The third-order valence-electron chi connectivity index (χ3n) is 5.79. The number of benzene rings is 1. The van der Waals surface area contributed by atoms with Gasteiger partial charge in [-0.05, 0) is 38.2 Å². The van der Waals surface area contributed by atoms with Crippen molar-refractivity contribution in [2.24, 2.45) is 11.3 Å². The Hall–Kier alpha value is -1.23. The molecule has 1 saturated heterocycles. The largest absolute Gasteiger partial charge is 0.390 e. The Balaban J connectivity index is 0.000000179. The molecule has 2 aliphatic carbocycles. The second-order valence-corrected chi connectivity index (χ2v) is 8.31. The third kappa shape index (κ3) is 3.71. The molecule has 0 radical (unpaired) electrons. The topological polar surface area (TPSA) is 58.6 Å². The number of hydrogen-bond donors (Lipinski definition) is 2. The van der Waals surface area contributed by atoms with Crippen LogP contribution in [-0.4, -0.2) is 42.8 Å². The van der Waals surface area contributed by atoms with Crippen molar-refractivity contribution in [3.8, 4) is 0 Å². The van der Waals surface area contributed by atoms with Crippen LogP contribution in [0.3, 0.4) is 0 Å². The van der Waals surface area contributed by atoms with Gasteiger partial charge in [0.15, 0.2) is 0 Å². The molecule has 2 N–H and O–H groups in total. The second kappa shape index (κ2) is 6.58. The lowest BCUT2D eigenvalue weighted by molar-refractivity contribution is -0.168. The molecular formula is C20H29NO3. The van der Waals surface area contributed by atoms with Crippen molar-refractivity contribution >= 4 is 6.29 Å². The van der Waals surface area contributed by atoms with Gasteiger partial charge in [-0.25, -0.2) is 0 Å². The molecule has 0 bridgehead atoms. The van der Waals surface area contributed by atoms with Gasteiger partial charge in [-0.2, -0.15) is 0 Å². The van der Waals surface area contributed by atoms with E-state index in [0.29, 0.717) is 18.3 Å². The highest BCUT2D eigenvalue weighted by atomic mass is 16.5. The van der Waals surface area contributed by atoms with E-state index in [1.807, 2.05) is 7.11 Å². The minimum atomic E-state index is -0.536. The first-order valence-corrected chi connectivity index (χ1v) is 8.87. The van der Waals surface area contributed by atoms with Gasteiger partial charge in [0, 0.05) is 38.0 Å². The van der Waals surface area contributed by atoms with Crippen molar-refractivity contribution in [2.45, 2.75) is 50.2 Å². The standard InChI is InChI=1S/C14H19NO.C6H10O2/c1-16-14(7-12-5-3-2-4-6-12)8-13(9-14)10-15-11-13;1-6(8)2-5(3-6)4-7/h2-6,15H,7-11H2,1H3;4-5,8H,2-3H2,1H3. The van der Waals surface area contributed by atoms with E-state index in [-0.39, 0.29) is 11.5 Å². The number of carbonyl (C=O) groups is 1. The van der Waals surface area contributed by atoms with Crippen LogP contribution in [0, 0.1) is 11.3 Å². The van der Waals surface area contributed by atoms with Crippen LogP contribution in [-0.2, 0) is 16.0 Å². The Bertz CT molecular complexity index is 550. The number of rotatable bonds is 4. The molecule has 4 nitrogen and oxygen atoms in total. The first-order valence-electron chi connectivity index (χ1n) is 8.87. The summed E-state index contributed by atoms with van der Waals surface area (Å²) < 4.78 is 5.78. The summed E-state index contributed by atoms with van der Waals surface area (Å²) in [6.45, 7) is 4.13. The first kappa shape index (κ1) is 17.6. The fraction of sp³-hybridized carbons (Fsp3) is 0.650. The van der Waals surface area contributed by atoms with E-state index >= 15 is 0 Å². The quantitative estimate of drug-likeness (QED) is 0.832. The zero-order chi connectivity index (χ0) is 17.3. The van der Waals surface area contributed by atoms with Gasteiger partial charge in [0.25, 0.3) is 0 Å². The average molecular weight is 331 g/mol. The Morgan fingerprint density at radius 1 is 1.25 bits per heavy atom. The van der Waals surface area contributed by atoms with Crippen molar-refractivity contribution in [1.29, 1.82) is 0 Å². The second-order valence-electron chi connectivity index (χ2n) is 8.31. The molecule has 1 spiro atoms. The summed E-state index contributed by atoms with van der Waals surface area (Å²) >= 11 is 0. The van der Waals surface area contributed by atoms with E-state index in [2.05, 4.69) is 35.6 Å². The molecule has 24 heavy (non-hydrogen) atoms. The summed E-state index contributed by atoms with van der Waals surface area (Å²) in [6.07, 6.45) is 5.72.